The van der Waals surface area contributed by atoms with Crippen molar-refractivity contribution in [1.29, 1.82) is 0 Å². The summed E-state index contributed by atoms with van der Waals surface area (Å²) in [7, 11) is 0. The minimum atomic E-state index is -1.24. The van der Waals surface area contributed by atoms with E-state index in [1.54, 1.807) is 13.8 Å². The van der Waals surface area contributed by atoms with E-state index >= 15 is 0 Å². The fourth-order valence-electron chi connectivity index (χ4n) is 2.75. The lowest BCUT2D eigenvalue weighted by atomic mass is 9.82. The van der Waals surface area contributed by atoms with Crippen molar-refractivity contribution in [3.63, 3.8) is 0 Å². The van der Waals surface area contributed by atoms with Gasteiger partial charge in [0.1, 0.15) is 6.10 Å². The molecule has 0 radical (unpaired) electrons. The van der Waals surface area contributed by atoms with Crippen LogP contribution < -0.4 is 5.32 Å². The van der Waals surface area contributed by atoms with Crippen molar-refractivity contribution >= 4 is 11.9 Å². The maximum Gasteiger partial charge on any atom is 0.404 e. The quantitative estimate of drug-likeness (QED) is 0.691. The van der Waals surface area contributed by atoms with Crippen LogP contribution in [0.2, 0.25) is 0 Å². The highest BCUT2D eigenvalue weighted by molar-refractivity contribution is 5.85. The number of carboxylic acid groups (broad SMARTS) is 1. The summed E-state index contributed by atoms with van der Waals surface area (Å²) < 4.78 is 0. The number of nitrogens with one attached hydrogen (secondary N) is 1. The first-order chi connectivity index (χ1) is 8.91. The molecule has 0 aliphatic heterocycles. The Morgan fingerprint density at radius 2 is 1.79 bits per heavy atom. The van der Waals surface area contributed by atoms with E-state index in [0.717, 1.165) is 25.7 Å². The van der Waals surface area contributed by atoms with Crippen LogP contribution in [0.3, 0.4) is 0 Å². The zero-order chi connectivity index (χ0) is 14.4. The molecular weight excluding hydrogens is 246 g/mol. The van der Waals surface area contributed by atoms with Crippen LogP contribution in [0.4, 0.5) is 4.79 Å². The number of ketones is 1. The van der Waals surface area contributed by atoms with Gasteiger partial charge in [0.15, 0.2) is 5.78 Å². The van der Waals surface area contributed by atoms with Crippen molar-refractivity contribution < 1.29 is 19.8 Å². The molecule has 0 saturated heterocycles. The second-order valence-electron chi connectivity index (χ2n) is 5.80. The predicted octanol–water partition coefficient (Wildman–Crippen LogP) is 2.18. The largest absolute Gasteiger partial charge is 0.465 e. The number of amides is 1. The third-order valence-corrected chi connectivity index (χ3v) is 3.86. The fraction of sp³-hybridized carbons (Fsp3) is 0.857. The number of rotatable bonds is 6. The maximum absolute atomic E-state index is 11.8. The van der Waals surface area contributed by atoms with Crippen LogP contribution in [0.1, 0.15) is 52.4 Å². The third kappa shape index (κ3) is 5.19. The number of Topliss-reactive ketones (excluding diaryl/α,β-unsaturated/α-hetero) is 1. The van der Waals surface area contributed by atoms with Gasteiger partial charge in [0.25, 0.3) is 0 Å². The van der Waals surface area contributed by atoms with E-state index in [2.05, 4.69) is 5.32 Å². The molecule has 19 heavy (non-hydrogen) atoms. The molecule has 1 amide bonds. The van der Waals surface area contributed by atoms with Crippen molar-refractivity contribution in [3.05, 3.63) is 0 Å². The van der Waals surface area contributed by atoms with Crippen molar-refractivity contribution in [1.82, 2.24) is 5.32 Å². The molecule has 0 aromatic rings. The molecule has 1 fully saturated rings. The van der Waals surface area contributed by atoms with Gasteiger partial charge in [-0.25, -0.2) is 4.79 Å². The maximum atomic E-state index is 11.8. The van der Waals surface area contributed by atoms with Gasteiger partial charge in [0.05, 0.1) is 6.04 Å². The molecule has 3 N–H and O–H groups in total. The highest BCUT2D eigenvalue weighted by Crippen LogP contribution is 2.28. The Kier molecular flexibility index (Phi) is 6.28. The summed E-state index contributed by atoms with van der Waals surface area (Å²) in [4.78, 5) is 22.6. The standard InChI is InChI=1S/C14H25NO4/c1-9(2)12(16)13(17)11(15-14(18)19)8-10-6-4-3-5-7-10/h9-11,13,15,17H,3-8H2,1-2H3,(H,18,19)/t11-,13+/m0/s1. The number of carbonyl (C=O) groups excluding carboxylic acids is 1. The second kappa shape index (κ2) is 7.48. The van der Waals surface area contributed by atoms with Crippen molar-refractivity contribution in [3.8, 4) is 0 Å². The third-order valence-electron chi connectivity index (χ3n) is 3.86. The zero-order valence-electron chi connectivity index (χ0n) is 11.8. The lowest BCUT2D eigenvalue weighted by molar-refractivity contribution is -0.131. The van der Waals surface area contributed by atoms with Gasteiger partial charge in [-0.05, 0) is 12.3 Å². The van der Waals surface area contributed by atoms with Gasteiger partial charge in [-0.15, -0.1) is 0 Å². The molecule has 0 aromatic carbocycles. The summed E-state index contributed by atoms with van der Waals surface area (Å²) in [5.74, 6) is -0.186. The van der Waals surface area contributed by atoms with Crippen LogP contribution >= 0.6 is 0 Å². The molecule has 5 nitrogen and oxygen atoms in total. The number of hydrogen-bond donors (Lipinski definition) is 3. The van der Waals surface area contributed by atoms with Gasteiger partial charge in [0.2, 0.25) is 0 Å². The van der Waals surface area contributed by atoms with E-state index < -0.39 is 18.2 Å². The molecule has 0 bridgehead atoms. The van der Waals surface area contributed by atoms with Gasteiger partial charge < -0.3 is 15.5 Å². The summed E-state index contributed by atoms with van der Waals surface area (Å²) >= 11 is 0. The van der Waals surface area contributed by atoms with Crippen LogP contribution in [-0.4, -0.2) is 34.2 Å². The molecule has 1 aliphatic rings. The Bertz CT molecular complexity index is 311. The van der Waals surface area contributed by atoms with Crippen molar-refractivity contribution in [2.24, 2.45) is 11.8 Å². The lowest BCUT2D eigenvalue weighted by Crippen LogP contribution is -2.48. The molecule has 5 heteroatoms. The summed E-state index contributed by atoms with van der Waals surface area (Å²) in [6.45, 7) is 3.42. The van der Waals surface area contributed by atoms with Crippen LogP contribution in [0.15, 0.2) is 0 Å². The van der Waals surface area contributed by atoms with Gasteiger partial charge in [-0.2, -0.15) is 0 Å². The van der Waals surface area contributed by atoms with Crippen molar-refractivity contribution in [2.45, 2.75) is 64.5 Å². The first-order valence-electron chi connectivity index (χ1n) is 7.13. The minimum Gasteiger partial charge on any atom is -0.465 e. The van der Waals surface area contributed by atoms with Gasteiger partial charge >= 0.3 is 6.09 Å². The molecule has 0 aromatic heterocycles. The van der Waals surface area contributed by atoms with Crippen LogP contribution in [0.25, 0.3) is 0 Å². The zero-order valence-corrected chi connectivity index (χ0v) is 11.8. The molecule has 1 rings (SSSR count). The Morgan fingerprint density at radius 1 is 1.21 bits per heavy atom. The summed E-state index contributed by atoms with van der Waals surface area (Å²) in [5, 5.41) is 21.2. The molecular formula is C14H25NO4. The van der Waals surface area contributed by atoms with Gasteiger partial charge in [-0.1, -0.05) is 46.0 Å². The Labute approximate surface area is 114 Å². The van der Waals surface area contributed by atoms with Crippen LogP contribution in [0, 0.1) is 11.8 Å². The van der Waals surface area contributed by atoms with Crippen LogP contribution in [0.5, 0.6) is 0 Å². The number of aliphatic hydroxyl groups excluding tert-OH is 1. The van der Waals surface area contributed by atoms with Gasteiger partial charge in [0, 0.05) is 5.92 Å². The molecule has 1 aliphatic carbocycles. The van der Waals surface area contributed by atoms with Crippen molar-refractivity contribution in [2.75, 3.05) is 0 Å². The smallest absolute Gasteiger partial charge is 0.404 e. The summed E-state index contributed by atoms with van der Waals surface area (Å²) in [6.07, 6.45) is 3.76. The molecule has 0 heterocycles. The first-order valence-corrected chi connectivity index (χ1v) is 7.13. The predicted molar refractivity (Wildman–Crippen MR) is 72.0 cm³/mol. The van der Waals surface area contributed by atoms with E-state index in [-0.39, 0.29) is 11.7 Å². The molecule has 2 atom stereocenters. The minimum absolute atomic E-state index is 0.292. The lowest BCUT2D eigenvalue weighted by Gasteiger charge is -2.29. The van der Waals surface area contributed by atoms with E-state index in [1.165, 1.54) is 6.42 Å². The highest BCUT2D eigenvalue weighted by Gasteiger charge is 2.31. The topological polar surface area (TPSA) is 86.6 Å². The molecule has 0 spiro atoms. The monoisotopic (exact) mass is 271 g/mol. The van der Waals surface area contributed by atoms with E-state index in [9.17, 15) is 14.7 Å². The molecule has 110 valence electrons. The highest BCUT2D eigenvalue weighted by atomic mass is 16.4. The summed E-state index contributed by atoms with van der Waals surface area (Å²) in [5.41, 5.74) is 0. The Balaban J connectivity index is 2.64. The fourth-order valence-corrected chi connectivity index (χ4v) is 2.75. The van der Waals surface area contributed by atoms with Crippen LogP contribution in [-0.2, 0) is 4.79 Å². The first kappa shape index (κ1) is 16.0. The van der Waals surface area contributed by atoms with Gasteiger partial charge in [-0.3, -0.25) is 4.79 Å². The normalized spacial score (nSPS) is 20.0. The number of aliphatic hydroxyl groups is 1. The molecule has 1 saturated carbocycles. The Hall–Kier alpha value is -1.10. The second-order valence-corrected chi connectivity index (χ2v) is 5.80. The Morgan fingerprint density at radius 3 is 2.26 bits per heavy atom. The number of carbonyl (C=O) groups is 2. The summed E-state index contributed by atoms with van der Waals surface area (Å²) in [6, 6.07) is -0.685. The molecule has 0 unspecified atom stereocenters. The average Bonchev–Trinajstić information content (AvgIpc) is 2.36. The van der Waals surface area contributed by atoms with E-state index in [4.69, 9.17) is 5.11 Å². The number of hydrogen-bond acceptors (Lipinski definition) is 3. The average molecular weight is 271 g/mol. The van der Waals surface area contributed by atoms with E-state index in [0.29, 0.717) is 12.3 Å². The van der Waals surface area contributed by atoms with E-state index in [1.807, 2.05) is 0 Å². The SMILES string of the molecule is CC(C)C(=O)[C@H](O)[C@H](CC1CCCCC1)NC(=O)O.